The van der Waals surface area contributed by atoms with Gasteiger partial charge >= 0.3 is 0 Å². The van der Waals surface area contributed by atoms with Crippen LogP contribution in [0.25, 0.3) is 0 Å². The maximum absolute atomic E-state index is 5.50. The number of hydrogen-bond donors (Lipinski definition) is 1. The summed E-state index contributed by atoms with van der Waals surface area (Å²) in [5, 5.41) is 4.51. The van der Waals surface area contributed by atoms with Crippen molar-refractivity contribution in [1.29, 1.82) is 0 Å². The van der Waals surface area contributed by atoms with Gasteiger partial charge in [-0.15, -0.1) is 35.3 Å². The number of thiazole rings is 1. The lowest BCUT2D eigenvalue weighted by Crippen LogP contribution is -2.38. The number of rotatable bonds is 8. The Kier molecular flexibility index (Phi) is 10.7. The normalized spacial score (nSPS) is 11.1. The zero-order valence-electron chi connectivity index (χ0n) is 16.9. The molecule has 0 amide bonds. The van der Waals surface area contributed by atoms with Crippen LogP contribution >= 0.6 is 35.3 Å². The highest BCUT2D eigenvalue weighted by Crippen LogP contribution is 2.17. The Morgan fingerprint density at radius 2 is 1.93 bits per heavy atom. The molecular weight excluding hydrogens is 471 g/mol. The maximum Gasteiger partial charge on any atom is 0.193 e. The first-order chi connectivity index (χ1) is 12.5. The van der Waals surface area contributed by atoms with Gasteiger partial charge in [0.2, 0.25) is 0 Å². The van der Waals surface area contributed by atoms with Gasteiger partial charge in [0.25, 0.3) is 0 Å². The minimum absolute atomic E-state index is 0. The Morgan fingerprint density at radius 1 is 1.22 bits per heavy atom. The number of halogens is 1. The summed E-state index contributed by atoms with van der Waals surface area (Å²) in [6.07, 6.45) is 0.934. The first-order valence-electron chi connectivity index (χ1n) is 9.17. The molecule has 1 N–H and O–H groups in total. The van der Waals surface area contributed by atoms with Gasteiger partial charge < -0.3 is 15.0 Å². The number of aryl methyl sites for hydroxylation is 2. The van der Waals surface area contributed by atoms with Crippen LogP contribution in [0.4, 0.5) is 0 Å². The van der Waals surface area contributed by atoms with E-state index in [4.69, 9.17) is 9.73 Å². The van der Waals surface area contributed by atoms with E-state index in [1.807, 2.05) is 19.1 Å². The zero-order valence-corrected chi connectivity index (χ0v) is 20.1. The van der Waals surface area contributed by atoms with Crippen molar-refractivity contribution in [3.63, 3.8) is 0 Å². The first kappa shape index (κ1) is 23.7. The molecule has 1 aromatic heterocycles. The van der Waals surface area contributed by atoms with Gasteiger partial charge in [-0.2, -0.15) is 0 Å². The SMILES string of the molecule is CCNC(=NCCc1sc(C)nc1C)N(C)Cc1ccc(OCC)cc1.I. The second-order valence-electron chi connectivity index (χ2n) is 6.16. The van der Waals surface area contributed by atoms with Crippen LogP contribution in [0, 0.1) is 13.8 Å². The van der Waals surface area contributed by atoms with Crippen molar-refractivity contribution in [2.24, 2.45) is 4.99 Å². The van der Waals surface area contributed by atoms with Gasteiger partial charge in [0.05, 0.1) is 17.3 Å². The van der Waals surface area contributed by atoms with E-state index in [9.17, 15) is 0 Å². The molecule has 0 aliphatic carbocycles. The smallest absolute Gasteiger partial charge is 0.193 e. The first-order valence-corrected chi connectivity index (χ1v) is 9.99. The van der Waals surface area contributed by atoms with E-state index >= 15 is 0 Å². The lowest BCUT2D eigenvalue weighted by Gasteiger charge is -2.22. The molecule has 0 spiro atoms. The van der Waals surface area contributed by atoms with Crippen molar-refractivity contribution in [2.45, 2.75) is 40.7 Å². The Morgan fingerprint density at radius 3 is 2.48 bits per heavy atom. The van der Waals surface area contributed by atoms with E-state index in [-0.39, 0.29) is 24.0 Å². The van der Waals surface area contributed by atoms with E-state index in [0.29, 0.717) is 6.61 Å². The quantitative estimate of drug-likeness (QED) is 0.330. The second kappa shape index (κ2) is 12.2. The molecule has 7 heteroatoms. The van der Waals surface area contributed by atoms with Gasteiger partial charge in [0.1, 0.15) is 5.75 Å². The molecule has 0 bridgehead atoms. The molecule has 0 fully saturated rings. The summed E-state index contributed by atoms with van der Waals surface area (Å²) in [5.41, 5.74) is 2.37. The molecule has 0 saturated heterocycles. The third-order valence-corrected chi connectivity index (χ3v) is 5.08. The third kappa shape index (κ3) is 7.65. The summed E-state index contributed by atoms with van der Waals surface area (Å²) in [6.45, 7) is 11.3. The molecule has 1 heterocycles. The summed E-state index contributed by atoms with van der Waals surface area (Å²) >= 11 is 1.77. The Balaban J connectivity index is 0.00000364. The molecule has 2 rings (SSSR count). The van der Waals surface area contributed by atoms with Crippen molar-refractivity contribution in [2.75, 3.05) is 26.7 Å². The molecule has 5 nitrogen and oxygen atoms in total. The summed E-state index contributed by atoms with van der Waals surface area (Å²) in [5.74, 6) is 1.84. The van der Waals surface area contributed by atoms with Crippen molar-refractivity contribution in [1.82, 2.24) is 15.2 Å². The molecule has 0 atom stereocenters. The molecule has 1 aromatic carbocycles. The lowest BCUT2D eigenvalue weighted by atomic mass is 10.2. The van der Waals surface area contributed by atoms with Crippen LogP contribution in [0.5, 0.6) is 5.75 Å². The predicted octanol–water partition coefficient (Wildman–Crippen LogP) is 4.42. The molecule has 27 heavy (non-hydrogen) atoms. The van der Waals surface area contributed by atoms with Crippen LogP contribution in [-0.2, 0) is 13.0 Å². The van der Waals surface area contributed by atoms with E-state index in [1.54, 1.807) is 11.3 Å². The van der Waals surface area contributed by atoms with E-state index in [1.165, 1.54) is 10.4 Å². The van der Waals surface area contributed by atoms with Gasteiger partial charge in [-0.1, -0.05) is 12.1 Å². The number of ether oxygens (including phenoxy) is 1. The predicted molar refractivity (Wildman–Crippen MR) is 126 cm³/mol. The zero-order chi connectivity index (χ0) is 18.9. The van der Waals surface area contributed by atoms with E-state index in [0.717, 1.165) is 48.5 Å². The number of aromatic nitrogens is 1. The lowest BCUT2D eigenvalue weighted by molar-refractivity contribution is 0.340. The van der Waals surface area contributed by atoms with Gasteiger partial charge in [0, 0.05) is 38.0 Å². The fourth-order valence-corrected chi connectivity index (χ4v) is 3.67. The highest BCUT2D eigenvalue weighted by Gasteiger charge is 2.08. The number of aliphatic imine (C=N–C) groups is 1. The van der Waals surface area contributed by atoms with Gasteiger partial charge in [-0.3, -0.25) is 4.99 Å². The monoisotopic (exact) mass is 502 g/mol. The molecular formula is C20H31IN4OS. The minimum atomic E-state index is 0. The van der Waals surface area contributed by atoms with Gasteiger partial charge in [-0.25, -0.2) is 4.98 Å². The molecule has 0 radical (unpaired) electrons. The third-order valence-electron chi connectivity index (χ3n) is 3.95. The molecule has 150 valence electrons. The van der Waals surface area contributed by atoms with Crippen LogP contribution in [0.15, 0.2) is 29.3 Å². The average Bonchev–Trinajstić information content (AvgIpc) is 2.93. The molecule has 0 unspecified atom stereocenters. The van der Waals surface area contributed by atoms with Crippen molar-refractivity contribution in [3.05, 3.63) is 45.4 Å². The summed E-state index contributed by atoms with van der Waals surface area (Å²) in [4.78, 5) is 12.8. The van der Waals surface area contributed by atoms with Gasteiger partial charge in [0.15, 0.2) is 5.96 Å². The van der Waals surface area contributed by atoms with Crippen LogP contribution in [0.1, 0.15) is 35.0 Å². The Bertz CT molecular complexity index is 715. The standard InChI is InChI=1S/C20H30N4OS.HI/c1-6-21-20(22-13-12-19-15(3)23-16(4)26-19)24(5)14-17-8-10-18(11-9-17)25-7-2;/h8-11H,6-7,12-14H2,1-5H3,(H,21,22);1H. The number of hydrogen-bond acceptors (Lipinski definition) is 4. The van der Waals surface area contributed by atoms with E-state index < -0.39 is 0 Å². The highest BCUT2D eigenvalue weighted by atomic mass is 127. The second-order valence-corrected chi connectivity index (χ2v) is 7.45. The van der Waals surface area contributed by atoms with Crippen LogP contribution in [0.2, 0.25) is 0 Å². The minimum Gasteiger partial charge on any atom is -0.494 e. The van der Waals surface area contributed by atoms with E-state index in [2.05, 4.69) is 55.2 Å². The van der Waals surface area contributed by atoms with Crippen molar-refractivity contribution >= 4 is 41.3 Å². The molecule has 2 aromatic rings. The Hall–Kier alpha value is -1.35. The van der Waals surface area contributed by atoms with Crippen molar-refractivity contribution < 1.29 is 4.74 Å². The fourth-order valence-electron chi connectivity index (χ4n) is 2.74. The topological polar surface area (TPSA) is 49.8 Å². The summed E-state index contributed by atoms with van der Waals surface area (Å²) < 4.78 is 5.50. The summed E-state index contributed by atoms with van der Waals surface area (Å²) in [6, 6.07) is 8.25. The Labute approximate surface area is 184 Å². The largest absolute Gasteiger partial charge is 0.494 e. The molecule has 0 saturated carbocycles. The number of benzene rings is 1. The number of nitrogens with zero attached hydrogens (tertiary/aromatic N) is 3. The summed E-state index contributed by atoms with van der Waals surface area (Å²) in [7, 11) is 2.07. The fraction of sp³-hybridized carbons (Fsp3) is 0.500. The highest BCUT2D eigenvalue weighted by molar-refractivity contribution is 14.0. The molecule has 0 aliphatic rings. The van der Waals surface area contributed by atoms with Crippen LogP contribution in [-0.4, -0.2) is 42.6 Å². The number of guanidine groups is 1. The van der Waals surface area contributed by atoms with Crippen LogP contribution in [0.3, 0.4) is 0 Å². The van der Waals surface area contributed by atoms with Gasteiger partial charge in [-0.05, 0) is 45.4 Å². The average molecular weight is 502 g/mol. The molecule has 0 aliphatic heterocycles. The number of nitrogens with one attached hydrogen (secondary N) is 1. The van der Waals surface area contributed by atoms with Crippen molar-refractivity contribution in [3.8, 4) is 5.75 Å². The van der Waals surface area contributed by atoms with Crippen LogP contribution < -0.4 is 10.1 Å². The maximum atomic E-state index is 5.50.